The smallest absolute Gasteiger partial charge is 0.403 e. The fourth-order valence-electron chi connectivity index (χ4n) is 2.43. The van der Waals surface area contributed by atoms with Gasteiger partial charge in [-0.05, 0) is 25.0 Å². The average molecular weight is 273 g/mol. The monoisotopic (exact) mass is 273 g/mol. The summed E-state index contributed by atoms with van der Waals surface area (Å²) in [7, 11) is 0. The van der Waals surface area contributed by atoms with Crippen LogP contribution in [0.1, 0.15) is 12.5 Å². The number of nitrogens with zero attached hydrogens (tertiary/aromatic N) is 1. The van der Waals surface area contributed by atoms with Crippen molar-refractivity contribution < 1.29 is 23.1 Å². The SMILES string of the molecule is CC1Cc2ccccc2N1CC(C(=O)O)C(F)(F)F. The molecule has 2 atom stereocenters. The summed E-state index contributed by atoms with van der Waals surface area (Å²) < 4.78 is 38.2. The highest BCUT2D eigenvalue weighted by molar-refractivity contribution is 5.72. The average Bonchev–Trinajstić information content (AvgIpc) is 2.59. The van der Waals surface area contributed by atoms with E-state index in [4.69, 9.17) is 5.11 Å². The van der Waals surface area contributed by atoms with E-state index >= 15 is 0 Å². The molecule has 0 bridgehead atoms. The molecule has 6 heteroatoms. The summed E-state index contributed by atoms with van der Waals surface area (Å²) in [6, 6.07) is 7.03. The Hall–Kier alpha value is -1.72. The van der Waals surface area contributed by atoms with Gasteiger partial charge in [0.15, 0.2) is 5.92 Å². The summed E-state index contributed by atoms with van der Waals surface area (Å²) >= 11 is 0. The number of carboxylic acids is 1. The molecule has 1 N–H and O–H groups in total. The standard InChI is InChI=1S/C13H14F3NO2/c1-8-6-9-4-2-3-5-11(9)17(8)7-10(12(18)19)13(14,15)16/h2-5,8,10H,6-7H2,1H3,(H,18,19). The van der Waals surface area contributed by atoms with Crippen molar-refractivity contribution in [1.29, 1.82) is 0 Å². The summed E-state index contributed by atoms with van der Waals surface area (Å²) in [5.41, 5.74) is 1.66. The van der Waals surface area contributed by atoms with Crippen LogP contribution in [-0.2, 0) is 11.2 Å². The van der Waals surface area contributed by atoms with Crippen LogP contribution in [-0.4, -0.2) is 29.8 Å². The van der Waals surface area contributed by atoms with Gasteiger partial charge in [0.05, 0.1) is 0 Å². The molecule has 19 heavy (non-hydrogen) atoms. The number of carbonyl (C=O) groups is 1. The molecular weight excluding hydrogens is 259 g/mol. The quantitative estimate of drug-likeness (QED) is 0.920. The Morgan fingerprint density at radius 1 is 1.47 bits per heavy atom. The number of fused-ring (bicyclic) bond motifs is 1. The number of para-hydroxylation sites is 1. The van der Waals surface area contributed by atoms with Crippen LogP contribution in [0.15, 0.2) is 24.3 Å². The lowest BCUT2D eigenvalue weighted by Gasteiger charge is -2.28. The lowest BCUT2D eigenvalue weighted by molar-refractivity contribution is -0.191. The first kappa shape index (κ1) is 13.7. The van der Waals surface area contributed by atoms with Gasteiger partial charge in [-0.15, -0.1) is 0 Å². The van der Waals surface area contributed by atoms with Crippen molar-refractivity contribution in [3.63, 3.8) is 0 Å². The second-order valence-corrected chi connectivity index (χ2v) is 4.77. The van der Waals surface area contributed by atoms with Crippen LogP contribution in [0.25, 0.3) is 0 Å². The lowest BCUT2D eigenvalue weighted by atomic mass is 10.1. The van der Waals surface area contributed by atoms with E-state index in [2.05, 4.69) is 0 Å². The number of halogens is 3. The number of hydrogen-bond donors (Lipinski definition) is 1. The molecule has 0 radical (unpaired) electrons. The molecule has 0 aliphatic carbocycles. The molecule has 3 nitrogen and oxygen atoms in total. The first-order valence-corrected chi connectivity index (χ1v) is 5.94. The summed E-state index contributed by atoms with van der Waals surface area (Å²) in [5, 5.41) is 8.76. The van der Waals surface area contributed by atoms with Crippen LogP contribution >= 0.6 is 0 Å². The predicted octanol–water partition coefficient (Wildman–Crippen LogP) is 2.70. The van der Waals surface area contributed by atoms with E-state index in [1.807, 2.05) is 12.1 Å². The third kappa shape index (κ3) is 2.67. The molecule has 0 fully saturated rings. The maximum Gasteiger partial charge on any atom is 0.403 e. The van der Waals surface area contributed by atoms with Crippen molar-refractivity contribution in [3.05, 3.63) is 29.8 Å². The minimum atomic E-state index is -4.73. The molecule has 104 valence electrons. The predicted molar refractivity (Wildman–Crippen MR) is 64.1 cm³/mol. The first-order valence-electron chi connectivity index (χ1n) is 5.94. The van der Waals surface area contributed by atoms with E-state index in [9.17, 15) is 18.0 Å². The topological polar surface area (TPSA) is 40.5 Å². The summed E-state index contributed by atoms with van der Waals surface area (Å²) in [6.45, 7) is 1.26. The van der Waals surface area contributed by atoms with Crippen LogP contribution in [0.5, 0.6) is 0 Å². The number of benzene rings is 1. The Balaban J connectivity index is 2.25. The van der Waals surface area contributed by atoms with Crippen molar-refractivity contribution in [1.82, 2.24) is 0 Å². The number of aliphatic carboxylic acids is 1. The molecule has 1 aliphatic rings. The molecule has 1 aliphatic heterocycles. The Labute approximate surface area is 108 Å². The minimum absolute atomic E-state index is 0.124. The second-order valence-electron chi connectivity index (χ2n) is 4.77. The summed E-state index contributed by atoms with van der Waals surface area (Å²) in [6.07, 6.45) is -4.09. The van der Waals surface area contributed by atoms with Crippen molar-refractivity contribution in [3.8, 4) is 0 Å². The maximum absolute atomic E-state index is 12.7. The van der Waals surface area contributed by atoms with Crippen molar-refractivity contribution in [2.75, 3.05) is 11.4 Å². The molecule has 1 heterocycles. The molecule has 0 aromatic heterocycles. The van der Waals surface area contributed by atoms with Gasteiger partial charge in [0.2, 0.25) is 0 Å². The number of hydrogen-bond acceptors (Lipinski definition) is 2. The Kier molecular flexibility index (Phi) is 3.43. The van der Waals surface area contributed by atoms with Gasteiger partial charge < -0.3 is 10.0 Å². The van der Waals surface area contributed by atoms with Gasteiger partial charge in [0, 0.05) is 18.3 Å². The summed E-state index contributed by atoms with van der Waals surface area (Å²) in [4.78, 5) is 12.3. The van der Waals surface area contributed by atoms with Crippen molar-refractivity contribution >= 4 is 11.7 Å². The van der Waals surface area contributed by atoms with Crippen LogP contribution < -0.4 is 4.90 Å². The van der Waals surface area contributed by atoms with E-state index in [1.54, 1.807) is 19.1 Å². The maximum atomic E-state index is 12.7. The van der Waals surface area contributed by atoms with Gasteiger partial charge in [-0.1, -0.05) is 18.2 Å². The van der Waals surface area contributed by atoms with Crippen LogP contribution in [0.4, 0.5) is 18.9 Å². The molecule has 2 rings (SSSR count). The Morgan fingerprint density at radius 3 is 2.68 bits per heavy atom. The van der Waals surface area contributed by atoms with Gasteiger partial charge in [-0.25, -0.2) is 0 Å². The Bertz CT molecular complexity index is 487. The van der Waals surface area contributed by atoms with Gasteiger partial charge in [-0.2, -0.15) is 13.2 Å². The molecule has 1 aromatic rings. The molecule has 0 saturated carbocycles. The van der Waals surface area contributed by atoms with E-state index in [0.29, 0.717) is 12.1 Å². The highest BCUT2D eigenvalue weighted by Crippen LogP contribution is 2.35. The fraction of sp³-hybridized carbons (Fsp3) is 0.462. The number of rotatable bonds is 3. The third-order valence-corrected chi connectivity index (χ3v) is 3.42. The Morgan fingerprint density at radius 2 is 2.11 bits per heavy atom. The minimum Gasteiger partial charge on any atom is -0.481 e. The second kappa shape index (κ2) is 4.75. The van der Waals surface area contributed by atoms with Gasteiger partial charge in [0.1, 0.15) is 0 Å². The van der Waals surface area contributed by atoms with E-state index in [0.717, 1.165) is 5.56 Å². The van der Waals surface area contributed by atoms with Crippen molar-refractivity contribution in [2.24, 2.45) is 5.92 Å². The first-order chi connectivity index (χ1) is 8.80. The zero-order valence-electron chi connectivity index (χ0n) is 10.3. The van der Waals surface area contributed by atoms with Gasteiger partial charge >= 0.3 is 12.1 Å². The van der Waals surface area contributed by atoms with Gasteiger partial charge in [0.25, 0.3) is 0 Å². The molecule has 0 saturated heterocycles. The zero-order valence-corrected chi connectivity index (χ0v) is 10.3. The zero-order chi connectivity index (χ0) is 14.2. The lowest BCUT2D eigenvalue weighted by Crippen LogP contribution is -2.43. The number of carboxylic acid groups (broad SMARTS) is 1. The van der Waals surface area contributed by atoms with Crippen LogP contribution in [0.2, 0.25) is 0 Å². The molecule has 0 spiro atoms. The molecule has 1 aromatic carbocycles. The highest BCUT2D eigenvalue weighted by atomic mass is 19.4. The molecule has 0 amide bonds. The van der Waals surface area contributed by atoms with E-state index in [1.165, 1.54) is 4.90 Å². The largest absolute Gasteiger partial charge is 0.481 e. The fourth-order valence-corrected chi connectivity index (χ4v) is 2.43. The van der Waals surface area contributed by atoms with E-state index in [-0.39, 0.29) is 6.04 Å². The van der Waals surface area contributed by atoms with Crippen LogP contribution in [0.3, 0.4) is 0 Å². The van der Waals surface area contributed by atoms with Crippen molar-refractivity contribution in [2.45, 2.75) is 25.6 Å². The number of anilines is 1. The normalized spacial score (nSPS) is 20.2. The summed E-state index contributed by atoms with van der Waals surface area (Å²) in [5.74, 6) is -4.19. The third-order valence-electron chi connectivity index (χ3n) is 3.42. The molecule has 2 unspecified atom stereocenters. The number of alkyl halides is 3. The molecular formula is C13H14F3NO2. The van der Waals surface area contributed by atoms with Crippen LogP contribution in [0, 0.1) is 5.92 Å². The van der Waals surface area contributed by atoms with Gasteiger partial charge in [-0.3, -0.25) is 4.79 Å². The highest BCUT2D eigenvalue weighted by Gasteiger charge is 2.47. The van der Waals surface area contributed by atoms with E-state index < -0.39 is 24.6 Å².